The van der Waals surface area contributed by atoms with Crippen molar-refractivity contribution >= 4 is 23.0 Å². The first-order valence-electron chi connectivity index (χ1n) is 13.7. The van der Waals surface area contributed by atoms with Gasteiger partial charge in [0.25, 0.3) is 5.56 Å². The number of carbonyl (C=O) groups is 2. The van der Waals surface area contributed by atoms with Gasteiger partial charge in [-0.3, -0.25) is 19.0 Å². The Morgan fingerprint density at radius 3 is 2.49 bits per heavy atom. The van der Waals surface area contributed by atoms with Gasteiger partial charge in [0.15, 0.2) is 0 Å². The smallest absolute Gasteiger partial charge is 0.257 e. The molecule has 0 bridgehead atoms. The number of amides is 1. The standard InChI is InChI=1S/C31H31N5O3/c1-2-6-28-26(31(39)35(30-15-16-32-36(28)30)22-10-12-23(37)13-11-22)18-20-9-14-24(21-7-4-3-5-8-21)25(17-20)27-19-29(38)34-33-27/h3-5,7-9,14-17,22H,2,6,10-13,18-19H2,1H3,(H,34,38). The summed E-state index contributed by atoms with van der Waals surface area (Å²) in [6.07, 6.45) is 6.36. The molecular weight excluding hydrogens is 490 g/mol. The van der Waals surface area contributed by atoms with Crippen molar-refractivity contribution in [2.45, 2.75) is 64.3 Å². The van der Waals surface area contributed by atoms with Crippen molar-refractivity contribution in [1.82, 2.24) is 19.6 Å². The lowest BCUT2D eigenvalue weighted by Crippen LogP contribution is -2.33. The quantitative estimate of drug-likeness (QED) is 0.384. The molecule has 2 aliphatic rings. The maximum absolute atomic E-state index is 14.2. The molecule has 0 radical (unpaired) electrons. The number of ketones is 1. The lowest BCUT2D eigenvalue weighted by atomic mass is 9.91. The number of Topliss-reactive ketones (excluding diaryl/α,β-unsaturated/α-hetero) is 1. The third-order valence-corrected chi connectivity index (χ3v) is 7.82. The van der Waals surface area contributed by atoms with E-state index < -0.39 is 0 Å². The molecule has 2 aromatic carbocycles. The van der Waals surface area contributed by atoms with Gasteiger partial charge in [-0.15, -0.1) is 0 Å². The minimum Gasteiger partial charge on any atom is -0.300 e. The van der Waals surface area contributed by atoms with E-state index in [2.05, 4.69) is 40.7 Å². The topological polar surface area (TPSA) is 97.8 Å². The number of hydrazone groups is 1. The second-order valence-corrected chi connectivity index (χ2v) is 10.4. The molecular formula is C31H31N5O3. The van der Waals surface area contributed by atoms with Crippen LogP contribution in [0, 0.1) is 0 Å². The number of hydrogen-bond acceptors (Lipinski definition) is 5. The van der Waals surface area contributed by atoms with Gasteiger partial charge in [0.1, 0.15) is 11.4 Å². The van der Waals surface area contributed by atoms with Crippen molar-refractivity contribution in [3.05, 3.63) is 93.5 Å². The van der Waals surface area contributed by atoms with Crippen LogP contribution < -0.4 is 11.0 Å². The van der Waals surface area contributed by atoms with Crippen molar-refractivity contribution < 1.29 is 9.59 Å². The predicted molar refractivity (Wildman–Crippen MR) is 150 cm³/mol. The van der Waals surface area contributed by atoms with Crippen molar-refractivity contribution in [3.8, 4) is 11.1 Å². The molecule has 2 aromatic heterocycles. The van der Waals surface area contributed by atoms with Crippen LogP contribution in [-0.4, -0.2) is 31.6 Å². The number of rotatable bonds is 7. The summed E-state index contributed by atoms with van der Waals surface area (Å²) in [6, 6.07) is 18.1. The summed E-state index contributed by atoms with van der Waals surface area (Å²) in [4.78, 5) is 38.1. The monoisotopic (exact) mass is 521 g/mol. The highest BCUT2D eigenvalue weighted by molar-refractivity contribution is 6.16. The first-order valence-corrected chi connectivity index (χ1v) is 13.7. The summed E-state index contributed by atoms with van der Waals surface area (Å²) >= 11 is 0. The molecule has 0 unspecified atom stereocenters. The Hall–Kier alpha value is -4.33. The molecule has 1 fully saturated rings. The normalized spacial score (nSPS) is 16.1. The van der Waals surface area contributed by atoms with Gasteiger partial charge in [-0.25, -0.2) is 9.94 Å². The number of nitrogens with one attached hydrogen (secondary N) is 1. The van der Waals surface area contributed by atoms with Gasteiger partial charge in [-0.05, 0) is 42.0 Å². The zero-order chi connectivity index (χ0) is 26.9. The number of benzene rings is 2. The molecule has 8 nitrogen and oxygen atoms in total. The fraction of sp³-hybridized carbons (Fsp3) is 0.323. The number of hydrogen-bond donors (Lipinski definition) is 1. The van der Waals surface area contributed by atoms with Crippen LogP contribution in [0.2, 0.25) is 0 Å². The van der Waals surface area contributed by atoms with Crippen LogP contribution in [0.4, 0.5) is 0 Å². The molecule has 3 heterocycles. The molecule has 39 heavy (non-hydrogen) atoms. The van der Waals surface area contributed by atoms with Crippen molar-refractivity contribution in [2.75, 3.05) is 0 Å². The van der Waals surface area contributed by atoms with Crippen molar-refractivity contribution in [2.24, 2.45) is 5.10 Å². The number of aromatic nitrogens is 3. The van der Waals surface area contributed by atoms with Gasteiger partial charge in [-0.1, -0.05) is 55.8 Å². The van der Waals surface area contributed by atoms with Gasteiger partial charge in [0, 0.05) is 42.5 Å². The summed E-state index contributed by atoms with van der Waals surface area (Å²) in [7, 11) is 0. The Labute approximate surface area is 226 Å². The van der Waals surface area contributed by atoms with E-state index in [0.717, 1.165) is 52.0 Å². The van der Waals surface area contributed by atoms with E-state index in [1.807, 2.05) is 45.5 Å². The Balaban J connectivity index is 1.48. The van der Waals surface area contributed by atoms with E-state index in [4.69, 9.17) is 0 Å². The summed E-state index contributed by atoms with van der Waals surface area (Å²) in [6.45, 7) is 2.10. The second kappa shape index (κ2) is 10.4. The molecule has 1 N–H and O–H groups in total. The van der Waals surface area contributed by atoms with E-state index in [9.17, 15) is 14.4 Å². The third kappa shape index (κ3) is 4.71. The zero-order valence-electron chi connectivity index (χ0n) is 22.0. The minimum atomic E-state index is -0.127. The Morgan fingerprint density at radius 1 is 0.974 bits per heavy atom. The predicted octanol–water partition coefficient (Wildman–Crippen LogP) is 4.61. The third-order valence-electron chi connectivity index (χ3n) is 7.82. The maximum atomic E-state index is 14.2. The second-order valence-electron chi connectivity index (χ2n) is 10.4. The van der Waals surface area contributed by atoms with E-state index in [1.165, 1.54) is 0 Å². The fourth-order valence-electron chi connectivity index (χ4n) is 5.92. The highest BCUT2D eigenvalue weighted by Gasteiger charge is 2.27. The number of nitrogens with zero attached hydrogens (tertiary/aromatic N) is 4. The van der Waals surface area contributed by atoms with Crippen LogP contribution in [-0.2, 0) is 22.4 Å². The lowest BCUT2D eigenvalue weighted by Gasteiger charge is -2.26. The van der Waals surface area contributed by atoms with Crippen LogP contribution in [0.3, 0.4) is 0 Å². The molecule has 0 saturated heterocycles. The molecule has 6 rings (SSSR count). The van der Waals surface area contributed by atoms with E-state index in [1.54, 1.807) is 6.20 Å². The first kappa shape index (κ1) is 25.0. The summed E-state index contributed by atoms with van der Waals surface area (Å²) < 4.78 is 3.79. The van der Waals surface area contributed by atoms with E-state index in [0.29, 0.717) is 37.8 Å². The van der Waals surface area contributed by atoms with Crippen LogP contribution in [0.15, 0.2) is 70.7 Å². The summed E-state index contributed by atoms with van der Waals surface area (Å²) in [5, 5.41) is 8.93. The molecule has 4 aromatic rings. The van der Waals surface area contributed by atoms with Gasteiger partial charge < -0.3 is 0 Å². The maximum Gasteiger partial charge on any atom is 0.257 e. The summed E-state index contributed by atoms with van der Waals surface area (Å²) in [5.74, 6) is 0.137. The molecule has 1 aliphatic heterocycles. The number of aryl methyl sites for hydroxylation is 1. The highest BCUT2D eigenvalue weighted by atomic mass is 16.2. The van der Waals surface area contributed by atoms with Gasteiger partial charge in [-0.2, -0.15) is 10.2 Å². The molecule has 0 atom stereocenters. The average Bonchev–Trinajstić information content (AvgIpc) is 3.61. The van der Waals surface area contributed by atoms with Crippen molar-refractivity contribution in [3.63, 3.8) is 0 Å². The molecule has 0 spiro atoms. The Bertz CT molecular complexity index is 1660. The largest absolute Gasteiger partial charge is 0.300 e. The van der Waals surface area contributed by atoms with E-state index in [-0.39, 0.29) is 29.7 Å². The van der Waals surface area contributed by atoms with Crippen LogP contribution in [0.1, 0.15) is 73.9 Å². The van der Waals surface area contributed by atoms with E-state index >= 15 is 0 Å². The van der Waals surface area contributed by atoms with Crippen molar-refractivity contribution in [1.29, 1.82) is 0 Å². The van der Waals surface area contributed by atoms with Gasteiger partial charge in [0.05, 0.1) is 24.0 Å². The molecule has 8 heteroatoms. The molecule has 198 valence electrons. The Morgan fingerprint density at radius 2 is 1.77 bits per heavy atom. The van der Waals surface area contributed by atoms with Crippen LogP contribution in [0.25, 0.3) is 16.8 Å². The van der Waals surface area contributed by atoms with Gasteiger partial charge >= 0.3 is 0 Å². The molecule has 1 aliphatic carbocycles. The lowest BCUT2D eigenvalue weighted by molar-refractivity contribution is -0.121. The zero-order valence-corrected chi connectivity index (χ0v) is 22.0. The minimum absolute atomic E-state index is 0.00506. The molecule has 1 amide bonds. The number of fused-ring (bicyclic) bond motifs is 1. The van der Waals surface area contributed by atoms with Crippen LogP contribution >= 0.6 is 0 Å². The first-order chi connectivity index (χ1) is 19.0. The molecule has 1 saturated carbocycles. The van der Waals surface area contributed by atoms with Crippen LogP contribution in [0.5, 0.6) is 0 Å². The average molecular weight is 522 g/mol. The summed E-state index contributed by atoms with van der Waals surface area (Å²) in [5.41, 5.74) is 9.60. The number of carbonyl (C=O) groups excluding carboxylic acids is 2. The SMILES string of the molecule is CCCc1c(Cc2ccc(-c3ccccc3)c(C3=NNC(=O)C3)c2)c(=O)n(C2CCC(=O)CC2)c2ccnn12. The van der Waals surface area contributed by atoms with Gasteiger partial charge in [0.2, 0.25) is 5.91 Å². The fourth-order valence-corrected chi connectivity index (χ4v) is 5.92. The Kier molecular flexibility index (Phi) is 6.69. The highest BCUT2D eigenvalue weighted by Crippen LogP contribution is 2.30.